The van der Waals surface area contributed by atoms with Crippen LogP contribution in [0.3, 0.4) is 0 Å². The van der Waals surface area contributed by atoms with Crippen LogP contribution in [0.4, 0.5) is 0 Å². The van der Waals surface area contributed by atoms with Crippen LogP contribution < -0.4 is 10.6 Å². The molecule has 4 heterocycles. The fourth-order valence-corrected chi connectivity index (χ4v) is 3.15. The Morgan fingerprint density at radius 1 is 1.20 bits per heavy atom. The molecule has 0 aliphatic heterocycles. The number of guanidine groups is 1. The summed E-state index contributed by atoms with van der Waals surface area (Å²) < 4.78 is 3.96. The van der Waals surface area contributed by atoms with Gasteiger partial charge in [0, 0.05) is 31.0 Å². The second kappa shape index (κ2) is 7.78. The maximum atomic E-state index is 4.54. The van der Waals surface area contributed by atoms with Gasteiger partial charge in [-0.3, -0.25) is 13.8 Å². The van der Waals surface area contributed by atoms with Crippen molar-refractivity contribution in [3.8, 4) is 0 Å². The SMILES string of the molecule is CN=C(NCc1cn2ccsc2n1)NCc1nnc2ccccn12.I. The first kappa shape index (κ1) is 17.6. The van der Waals surface area contributed by atoms with E-state index in [2.05, 4.69) is 30.8 Å². The van der Waals surface area contributed by atoms with E-state index in [1.54, 1.807) is 18.4 Å². The molecule has 10 heteroatoms. The van der Waals surface area contributed by atoms with Gasteiger partial charge in [0.1, 0.15) is 0 Å². The summed E-state index contributed by atoms with van der Waals surface area (Å²) in [7, 11) is 1.74. The maximum absolute atomic E-state index is 4.54. The fraction of sp³-hybridized carbons (Fsp3) is 0.200. The molecule has 4 rings (SSSR count). The van der Waals surface area contributed by atoms with Gasteiger partial charge >= 0.3 is 0 Å². The molecular formula is C15H17IN8S. The Morgan fingerprint density at radius 2 is 2.08 bits per heavy atom. The first-order valence-corrected chi connectivity index (χ1v) is 8.36. The maximum Gasteiger partial charge on any atom is 0.193 e. The van der Waals surface area contributed by atoms with Crippen LogP contribution in [0.5, 0.6) is 0 Å². The van der Waals surface area contributed by atoms with E-state index in [0.29, 0.717) is 19.0 Å². The van der Waals surface area contributed by atoms with Crippen molar-refractivity contribution in [3.05, 3.63) is 53.7 Å². The van der Waals surface area contributed by atoms with E-state index in [9.17, 15) is 0 Å². The number of hydrogen-bond acceptors (Lipinski definition) is 5. The van der Waals surface area contributed by atoms with E-state index in [-0.39, 0.29) is 24.0 Å². The molecule has 0 atom stereocenters. The third-order valence-electron chi connectivity index (χ3n) is 3.60. The van der Waals surface area contributed by atoms with Crippen molar-refractivity contribution in [2.75, 3.05) is 7.05 Å². The molecule has 0 radical (unpaired) electrons. The molecule has 0 aromatic carbocycles. The van der Waals surface area contributed by atoms with Crippen molar-refractivity contribution >= 4 is 51.9 Å². The average molecular weight is 468 g/mol. The van der Waals surface area contributed by atoms with Gasteiger partial charge in [-0.2, -0.15) is 0 Å². The second-order valence-corrected chi connectivity index (χ2v) is 6.02. The van der Waals surface area contributed by atoms with Crippen molar-refractivity contribution in [2.45, 2.75) is 13.1 Å². The molecular weight excluding hydrogens is 451 g/mol. The number of thiazole rings is 1. The third kappa shape index (κ3) is 3.74. The summed E-state index contributed by atoms with van der Waals surface area (Å²) in [5.41, 5.74) is 1.80. The largest absolute Gasteiger partial charge is 0.351 e. The quantitative estimate of drug-likeness (QED) is 0.272. The average Bonchev–Trinajstić information content (AvgIpc) is 3.29. The minimum absolute atomic E-state index is 0. The molecule has 8 nitrogen and oxygen atoms in total. The van der Waals surface area contributed by atoms with Crippen LogP contribution >= 0.6 is 35.3 Å². The zero-order valence-electron chi connectivity index (χ0n) is 13.5. The molecule has 4 aromatic heterocycles. The van der Waals surface area contributed by atoms with Gasteiger partial charge in [-0.05, 0) is 12.1 Å². The first-order chi connectivity index (χ1) is 11.8. The highest BCUT2D eigenvalue weighted by Crippen LogP contribution is 2.11. The van der Waals surface area contributed by atoms with Crippen molar-refractivity contribution in [3.63, 3.8) is 0 Å². The van der Waals surface area contributed by atoms with Gasteiger partial charge in [0.2, 0.25) is 0 Å². The lowest BCUT2D eigenvalue weighted by Gasteiger charge is -2.10. The summed E-state index contributed by atoms with van der Waals surface area (Å²) in [5.74, 6) is 1.52. The van der Waals surface area contributed by atoms with Crippen LogP contribution in [0.1, 0.15) is 11.5 Å². The number of nitrogens with zero attached hydrogens (tertiary/aromatic N) is 6. The minimum atomic E-state index is 0. The molecule has 0 aliphatic rings. The molecule has 0 aliphatic carbocycles. The number of imidazole rings is 1. The van der Waals surface area contributed by atoms with E-state index in [4.69, 9.17) is 0 Å². The lowest BCUT2D eigenvalue weighted by Crippen LogP contribution is -2.36. The number of halogens is 1. The van der Waals surface area contributed by atoms with Gasteiger partial charge in [0.05, 0.1) is 18.8 Å². The Hall–Kier alpha value is -2.21. The number of aromatic nitrogens is 5. The topological polar surface area (TPSA) is 83.9 Å². The predicted molar refractivity (Wildman–Crippen MR) is 109 cm³/mol. The van der Waals surface area contributed by atoms with Crippen LogP contribution in [0.2, 0.25) is 0 Å². The van der Waals surface area contributed by atoms with Gasteiger partial charge in [-0.1, -0.05) is 6.07 Å². The van der Waals surface area contributed by atoms with Gasteiger partial charge in [0.15, 0.2) is 22.4 Å². The zero-order chi connectivity index (χ0) is 16.4. The van der Waals surface area contributed by atoms with E-state index in [0.717, 1.165) is 22.1 Å². The lowest BCUT2D eigenvalue weighted by molar-refractivity contribution is 0.758. The van der Waals surface area contributed by atoms with Crippen LogP contribution in [0, 0.1) is 0 Å². The number of fused-ring (bicyclic) bond motifs is 2. The number of nitrogens with one attached hydrogen (secondary N) is 2. The van der Waals surface area contributed by atoms with Gasteiger partial charge < -0.3 is 10.6 Å². The number of aliphatic imine (C=N–C) groups is 1. The normalized spacial score (nSPS) is 11.6. The number of hydrogen-bond donors (Lipinski definition) is 2. The Bertz CT molecular complexity index is 973. The highest BCUT2D eigenvalue weighted by Gasteiger charge is 2.07. The van der Waals surface area contributed by atoms with E-state index < -0.39 is 0 Å². The highest BCUT2D eigenvalue weighted by molar-refractivity contribution is 14.0. The van der Waals surface area contributed by atoms with Crippen LogP contribution in [0.15, 0.2) is 47.2 Å². The number of pyridine rings is 1. The summed E-state index contributed by atoms with van der Waals surface area (Å²) in [6.45, 7) is 1.14. The second-order valence-electron chi connectivity index (χ2n) is 5.15. The molecule has 0 saturated carbocycles. The molecule has 0 fully saturated rings. The summed E-state index contributed by atoms with van der Waals surface area (Å²) in [4.78, 5) is 9.76. The highest BCUT2D eigenvalue weighted by atomic mass is 127. The zero-order valence-corrected chi connectivity index (χ0v) is 16.6. The molecule has 0 amide bonds. The predicted octanol–water partition coefficient (Wildman–Crippen LogP) is 1.92. The smallest absolute Gasteiger partial charge is 0.193 e. The third-order valence-corrected chi connectivity index (χ3v) is 4.37. The molecule has 2 N–H and O–H groups in total. The van der Waals surface area contributed by atoms with Crippen LogP contribution in [-0.4, -0.2) is 37.0 Å². The lowest BCUT2D eigenvalue weighted by atomic mass is 10.4. The number of rotatable bonds is 4. The minimum Gasteiger partial charge on any atom is -0.351 e. The fourth-order valence-electron chi connectivity index (χ4n) is 2.43. The monoisotopic (exact) mass is 468 g/mol. The summed E-state index contributed by atoms with van der Waals surface area (Å²) in [5, 5.41) is 16.8. The Balaban J connectivity index is 0.00000182. The van der Waals surface area contributed by atoms with Crippen molar-refractivity contribution in [1.82, 2.24) is 34.6 Å². The van der Waals surface area contributed by atoms with E-state index in [1.807, 2.05) is 51.0 Å². The molecule has 0 bridgehead atoms. The first-order valence-electron chi connectivity index (χ1n) is 7.48. The van der Waals surface area contributed by atoms with Gasteiger partial charge in [-0.15, -0.1) is 45.5 Å². The standard InChI is InChI=1S/C15H16N8S.HI/c1-16-14(17-8-11-10-22-6-7-24-15(22)19-11)18-9-13-21-20-12-4-2-3-5-23(12)13;/h2-7,10H,8-9H2,1H3,(H2,16,17,18);1H. The summed E-state index contributed by atoms with van der Waals surface area (Å²) >= 11 is 1.62. The van der Waals surface area contributed by atoms with Crippen molar-refractivity contribution < 1.29 is 0 Å². The summed E-state index contributed by atoms with van der Waals surface area (Å²) in [6, 6.07) is 5.82. The molecule has 0 saturated heterocycles. The van der Waals surface area contributed by atoms with Crippen molar-refractivity contribution in [1.29, 1.82) is 0 Å². The van der Waals surface area contributed by atoms with Crippen molar-refractivity contribution in [2.24, 2.45) is 4.99 Å². The molecule has 130 valence electrons. The summed E-state index contributed by atoms with van der Waals surface area (Å²) in [6.07, 6.45) is 5.96. The molecule has 0 spiro atoms. The van der Waals surface area contributed by atoms with E-state index in [1.165, 1.54) is 0 Å². The van der Waals surface area contributed by atoms with Gasteiger partial charge in [-0.25, -0.2) is 4.98 Å². The molecule has 0 unspecified atom stereocenters. The van der Waals surface area contributed by atoms with Crippen LogP contribution in [0.25, 0.3) is 10.6 Å². The Morgan fingerprint density at radius 3 is 2.92 bits per heavy atom. The van der Waals surface area contributed by atoms with E-state index >= 15 is 0 Å². The Labute approximate surface area is 165 Å². The van der Waals surface area contributed by atoms with Crippen LogP contribution in [-0.2, 0) is 13.1 Å². The molecule has 4 aromatic rings. The van der Waals surface area contributed by atoms with Gasteiger partial charge in [0.25, 0.3) is 0 Å². The molecule has 25 heavy (non-hydrogen) atoms. The Kier molecular flexibility index (Phi) is 5.48.